The molecule has 1 saturated carbocycles. The summed E-state index contributed by atoms with van der Waals surface area (Å²) in [5, 5.41) is 10.6. The van der Waals surface area contributed by atoms with E-state index in [-0.39, 0.29) is 11.8 Å². The lowest BCUT2D eigenvalue weighted by Gasteiger charge is -2.27. The highest BCUT2D eigenvalue weighted by Gasteiger charge is 2.23. The predicted molar refractivity (Wildman–Crippen MR) is 74.5 cm³/mol. The number of nitrogens with zero attached hydrogens (tertiary/aromatic N) is 1. The van der Waals surface area contributed by atoms with Gasteiger partial charge in [0.1, 0.15) is 6.10 Å². The molecule has 5 nitrogen and oxygen atoms in total. The Labute approximate surface area is 118 Å². The van der Waals surface area contributed by atoms with Crippen molar-refractivity contribution in [2.75, 3.05) is 0 Å². The van der Waals surface area contributed by atoms with Crippen LogP contribution in [0.2, 0.25) is 0 Å². The molecule has 1 unspecified atom stereocenters. The van der Waals surface area contributed by atoms with Gasteiger partial charge in [0, 0.05) is 12.1 Å². The van der Waals surface area contributed by atoms with E-state index in [2.05, 4.69) is 0 Å². The van der Waals surface area contributed by atoms with Crippen LogP contribution in [0, 0.1) is 16.0 Å². The molecule has 0 saturated heterocycles. The first-order chi connectivity index (χ1) is 9.58. The number of hydrogen-bond acceptors (Lipinski definition) is 4. The van der Waals surface area contributed by atoms with Gasteiger partial charge in [0.05, 0.1) is 10.5 Å². The summed E-state index contributed by atoms with van der Waals surface area (Å²) in [6.45, 7) is 1.93. The van der Waals surface area contributed by atoms with Crippen LogP contribution in [0.15, 0.2) is 24.3 Å². The second-order valence-corrected chi connectivity index (χ2v) is 5.31. The van der Waals surface area contributed by atoms with Crippen LogP contribution in [0.1, 0.15) is 49.4 Å². The number of esters is 1. The predicted octanol–water partition coefficient (Wildman–Crippen LogP) is 3.72. The first-order valence-electron chi connectivity index (χ1n) is 7.03. The van der Waals surface area contributed by atoms with Crippen molar-refractivity contribution >= 4 is 11.7 Å². The fourth-order valence-corrected chi connectivity index (χ4v) is 2.66. The minimum Gasteiger partial charge on any atom is -0.459 e. The molecule has 2 rings (SSSR count). The van der Waals surface area contributed by atoms with Crippen LogP contribution >= 0.6 is 0 Å². The Kier molecular flexibility index (Phi) is 4.71. The second-order valence-electron chi connectivity index (χ2n) is 5.31. The van der Waals surface area contributed by atoms with Gasteiger partial charge in [0.15, 0.2) is 0 Å². The van der Waals surface area contributed by atoms with Crippen molar-refractivity contribution in [2.45, 2.75) is 45.1 Å². The molecule has 0 heterocycles. The minimum atomic E-state index is -0.486. The maximum absolute atomic E-state index is 12.0. The normalized spacial score (nSPS) is 17.4. The van der Waals surface area contributed by atoms with Gasteiger partial charge in [-0.15, -0.1) is 0 Å². The van der Waals surface area contributed by atoms with Crippen molar-refractivity contribution in [3.8, 4) is 0 Å². The van der Waals surface area contributed by atoms with E-state index in [4.69, 9.17) is 4.74 Å². The summed E-state index contributed by atoms with van der Waals surface area (Å²) in [4.78, 5) is 22.1. The van der Waals surface area contributed by atoms with Gasteiger partial charge in [-0.3, -0.25) is 10.1 Å². The van der Waals surface area contributed by atoms with E-state index in [1.807, 2.05) is 6.92 Å². The SMILES string of the molecule is CC(OC(=O)c1ccc([N+](=O)[O-])cc1)C1CCCCC1. The van der Waals surface area contributed by atoms with Crippen LogP contribution < -0.4 is 0 Å². The Hall–Kier alpha value is -1.91. The van der Waals surface area contributed by atoms with Gasteiger partial charge in [-0.25, -0.2) is 4.79 Å². The maximum Gasteiger partial charge on any atom is 0.338 e. The molecule has 0 N–H and O–H groups in total. The molecule has 0 bridgehead atoms. The zero-order valence-electron chi connectivity index (χ0n) is 11.6. The number of rotatable bonds is 4. The summed E-state index contributed by atoms with van der Waals surface area (Å²) in [5.74, 6) is 0.0312. The number of nitro groups is 1. The molecule has 108 valence electrons. The molecular formula is C15H19NO4. The van der Waals surface area contributed by atoms with Crippen LogP contribution in [0.4, 0.5) is 5.69 Å². The van der Waals surface area contributed by atoms with Crippen molar-refractivity contribution in [2.24, 2.45) is 5.92 Å². The lowest BCUT2D eigenvalue weighted by Crippen LogP contribution is -2.25. The highest BCUT2D eigenvalue weighted by Crippen LogP contribution is 2.28. The number of carbonyl (C=O) groups is 1. The molecule has 5 heteroatoms. The quantitative estimate of drug-likeness (QED) is 0.478. The molecule has 1 atom stereocenters. The van der Waals surface area contributed by atoms with Gasteiger partial charge >= 0.3 is 5.97 Å². The van der Waals surface area contributed by atoms with Gasteiger partial charge in [-0.1, -0.05) is 19.3 Å². The number of non-ortho nitro benzene ring substituents is 1. The first-order valence-corrected chi connectivity index (χ1v) is 7.03. The highest BCUT2D eigenvalue weighted by atomic mass is 16.6. The zero-order valence-corrected chi connectivity index (χ0v) is 11.6. The van der Waals surface area contributed by atoms with E-state index in [1.54, 1.807) is 0 Å². The molecule has 0 amide bonds. The van der Waals surface area contributed by atoms with E-state index in [9.17, 15) is 14.9 Å². The van der Waals surface area contributed by atoms with Crippen LogP contribution in [-0.2, 0) is 4.74 Å². The molecule has 0 aromatic heterocycles. The summed E-state index contributed by atoms with van der Waals surface area (Å²) >= 11 is 0. The van der Waals surface area contributed by atoms with Crippen molar-refractivity contribution in [3.05, 3.63) is 39.9 Å². The van der Waals surface area contributed by atoms with Gasteiger partial charge in [-0.2, -0.15) is 0 Å². The average molecular weight is 277 g/mol. The molecule has 20 heavy (non-hydrogen) atoms. The summed E-state index contributed by atoms with van der Waals surface area (Å²) in [5.41, 5.74) is 0.333. The van der Waals surface area contributed by atoms with Crippen molar-refractivity contribution in [3.63, 3.8) is 0 Å². The maximum atomic E-state index is 12.0. The van der Waals surface area contributed by atoms with Crippen LogP contribution in [0.25, 0.3) is 0 Å². The second kappa shape index (κ2) is 6.50. The molecule has 1 aliphatic carbocycles. The van der Waals surface area contributed by atoms with Gasteiger partial charge in [0.2, 0.25) is 0 Å². The average Bonchev–Trinajstić information content (AvgIpc) is 2.48. The van der Waals surface area contributed by atoms with Crippen molar-refractivity contribution in [1.29, 1.82) is 0 Å². The van der Waals surface area contributed by atoms with E-state index in [0.29, 0.717) is 11.5 Å². The van der Waals surface area contributed by atoms with E-state index < -0.39 is 10.9 Å². The van der Waals surface area contributed by atoms with Gasteiger partial charge < -0.3 is 4.74 Å². The molecule has 0 spiro atoms. The number of carbonyl (C=O) groups excluding carboxylic acids is 1. The van der Waals surface area contributed by atoms with E-state index >= 15 is 0 Å². The van der Waals surface area contributed by atoms with E-state index in [1.165, 1.54) is 43.5 Å². The summed E-state index contributed by atoms with van der Waals surface area (Å²) in [7, 11) is 0. The summed E-state index contributed by atoms with van der Waals surface area (Å²) in [6, 6.07) is 5.52. The number of benzene rings is 1. The molecule has 1 aromatic rings. The third-order valence-corrected chi connectivity index (χ3v) is 3.92. The third-order valence-electron chi connectivity index (χ3n) is 3.92. The standard InChI is InChI=1S/C15H19NO4/c1-11(12-5-3-2-4-6-12)20-15(17)13-7-9-14(10-8-13)16(18)19/h7-12H,2-6H2,1H3. The molecule has 0 radical (unpaired) electrons. The molecule has 1 aliphatic rings. The Morgan fingerprint density at radius 1 is 1.25 bits per heavy atom. The zero-order chi connectivity index (χ0) is 14.5. The van der Waals surface area contributed by atoms with Crippen LogP contribution in [-0.4, -0.2) is 17.0 Å². The summed E-state index contributed by atoms with van der Waals surface area (Å²) in [6.07, 6.45) is 5.77. The molecule has 1 fully saturated rings. The Morgan fingerprint density at radius 3 is 2.40 bits per heavy atom. The number of ether oxygens (including phenoxy) is 1. The lowest BCUT2D eigenvalue weighted by atomic mass is 9.86. The first kappa shape index (κ1) is 14.5. The lowest BCUT2D eigenvalue weighted by molar-refractivity contribution is -0.384. The molecule has 1 aromatic carbocycles. The largest absolute Gasteiger partial charge is 0.459 e. The monoisotopic (exact) mass is 277 g/mol. The third kappa shape index (κ3) is 3.56. The Morgan fingerprint density at radius 2 is 1.85 bits per heavy atom. The Balaban J connectivity index is 1.95. The fourth-order valence-electron chi connectivity index (χ4n) is 2.66. The molecular weight excluding hydrogens is 258 g/mol. The van der Waals surface area contributed by atoms with Crippen LogP contribution in [0.5, 0.6) is 0 Å². The number of hydrogen-bond donors (Lipinski definition) is 0. The topological polar surface area (TPSA) is 69.4 Å². The van der Waals surface area contributed by atoms with Crippen molar-refractivity contribution in [1.82, 2.24) is 0 Å². The summed E-state index contributed by atoms with van der Waals surface area (Å²) < 4.78 is 5.47. The minimum absolute atomic E-state index is 0.0260. The smallest absolute Gasteiger partial charge is 0.338 e. The van der Waals surface area contributed by atoms with E-state index in [0.717, 1.165) is 12.8 Å². The highest BCUT2D eigenvalue weighted by molar-refractivity contribution is 5.89. The Bertz CT molecular complexity index is 477. The van der Waals surface area contributed by atoms with Gasteiger partial charge in [0.25, 0.3) is 5.69 Å². The van der Waals surface area contributed by atoms with Crippen LogP contribution in [0.3, 0.4) is 0 Å². The number of nitro benzene ring substituents is 1. The van der Waals surface area contributed by atoms with Crippen molar-refractivity contribution < 1.29 is 14.5 Å². The van der Waals surface area contributed by atoms with Gasteiger partial charge in [-0.05, 0) is 37.8 Å². The molecule has 0 aliphatic heterocycles. The fraction of sp³-hybridized carbons (Fsp3) is 0.533.